The summed E-state index contributed by atoms with van der Waals surface area (Å²) in [7, 11) is 0. The minimum absolute atomic E-state index is 0.411. The van der Waals surface area contributed by atoms with Gasteiger partial charge in [-0.25, -0.2) is 4.98 Å². The Morgan fingerprint density at radius 2 is 2.27 bits per heavy atom. The maximum atomic E-state index is 5.73. The number of anilines is 1. The molecule has 1 aromatic heterocycles. The number of nitrogens with one attached hydrogen (secondary N) is 1. The Hall–Kier alpha value is -0.680. The fourth-order valence-corrected chi connectivity index (χ4v) is 2.44. The van der Waals surface area contributed by atoms with Crippen LogP contribution in [0.15, 0.2) is 0 Å². The zero-order valence-corrected chi connectivity index (χ0v) is 10.0. The molecule has 1 aliphatic carbocycles. The minimum Gasteiger partial charge on any atom is -0.360 e. The van der Waals surface area contributed by atoms with Crippen molar-refractivity contribution in [1.82, 2.24) is 9.36 Å². The Morgan fingerprint density at radius 1 is 1.53 bits per heavy atom. The number of hydrogen-bond donors (Lipinski definition) is 2. The summed E-state index contributed by atoms with van der Waals surface area (Å²) < 4.78 is 4.30. The van der Waals surface area contributed by atoms with E-state index in [-0.39, 0.29) is 0 Å². The summed E-state index contributed by atoms with van der Waals surface area (Å²) in [5, 5.41) is 4.28. The van der Waals surface area contributed by atoms with E-state index in [1.54, 1.807) is 0 Å². The van der Waals surface area contributed by atoms with Crippen LogP contribution in [0.2, 0.25) is 0 Å². The first-order valence-corrected chi connectivity index (χ1v) is 6.25. The van der Waals surface area contributed by atoms with E-state index in [2.05, 4.69) is 28.5 Å². The lowest BCUT2D eigenvalue weighted by Gasteiger charge is -2.32. The largest absolute Gasteiger partial charge is 0.360 e. The molecule has 0 saturated heterocycles. The van der Waals surface area contributed by atoms with E-state index in [0.29, 0.717) is 12.0 Å². The zero-order valence-electron chi connectivity index (χ0n) is 9.23. The maximum Gasteiger partial charge on any atom is 0.202 e. The van der Waals surface area contributed by atoms with Gasteiger partial charge in [0.1, 0.15) is 5.82 Å². The van der Waals surface area contributed by atoms with Gasteiger partial charge in [-0.05, 0) is 18.8 Å². The molecule has 0 aromatic carbocycles. The summed E-state index contributed by atoms with van der Waals surface area (Å²) in [4.78, 5) is 4.42. The van der Waals surface area contributed by atoms with E-state index in [1.807, 2.05) is 0 Å². The first-order valence-electron chi connectivity index (χ1n) is 5.48. The van der Waals surface area contributed by atoms with Crippen molar-refractivity contribution in [3.05, 3.63) is 5.82 Å². The van der Waals surface area contributed by atoms with Gasteiger partial charge in [0.2, 0.25) is 5.13 Å². The highest BCUT2D eigenvalue weighted by atomic mass is 32.1. The second-order valence-electron chi connectivity index (χ2n) is 4.59. The lowest BCUT2D eigenvalue weighted by molar-refractivity contribution is 0.280. The summed E-state index contributed by atoms with van der Waals surface area (Å²) in [5.74, 6) is 2.08. The predicted molar refractivity (Wildman–Crippen MR) is 63.2 cm³/mol. The summed E-state index contributed by atoms with van der Waals surface area (Å²) in [6.45, 7) is 5.20. The molecule has 0 amide bonds. The fraction of sp³-hybridized carbons (Fsp3) is 0.800. The standard InChI is InChI=1S/C10H18N4S/c1-6(2)9-13-10(15-14-9)12-5-7-3-8(11)4-7/h6-8H,3-5,11H2,1-2H3,(H,12,13,14). The number of hydrogen-bond acceptors (Lipinski definition) is 5. The molecule has 0 atom stereocenters. The molecule has 1 heterocycles. The zero-order chi connectivity index (χ0) is 10.8. The molecule has 5 heteroatoms. The van der Waals surface area contributed by atoms with Crippen molar-refractivity contribution in [2.24, 2.45) is 11.7 Å². The average molecular weight is 226 g/mol. The van der Waals surface area contributed by atoms with Gasteiger partial charge in [-0.1, -0.05) is 13.8 Å². The Kier molecular flexibility index (Phi) is 3.21. The topological polar surface area (TPSA) is 63.8 Å². The van der Waals surface area contributed by atoms with Crippen molar-refractivity contribution in [2.75, 3.05) is 11.9 Å². The number of aromatic nitrogens is 2. The Balaban J connectivity index is 1.78. The fourth-order valence-electron chi connectivity index (χ4n) is 1.73. The van der Waals surface area contributed by atoms with Gasteiger partial charge < -0.3 is 11.1 Å². The van der Waals surface area contributed by atoms with Crippen LogP contribution in [-0.2, 0) is 0 Å². The van der Waals surface area contributed by atoms with Crippen molar-refractivity contribution < 1.29 is 0 Å². The number of rotatable bonds is 4. The van der Waals surface area contributed by atoms with E-state index in [1.165, 1.54) is 11.5 Å². The van der Waals surface area contributed by atoms with Gasteiger partial charge in [-0.2, -0.15) is 4.37 Å². The third-order valence-electron chi connectivity index (χ3n) is 2.77. The van der Waals surface area contributed by atoms with Crippen molar-refractivity contribution in [3.8, 4) is 0 Å². The van der Waals surface area contributed by atoms with Gasteiger partial charge in [-0.3, -0.25) is 0 Å². The monoisotopic (exact) mass is 226 g/mol. The van der Waals surface area contributed by atoms with Gasteiger partial charge in [0.05, 0.1) is 0 Å². The van der Waals surface area contributed by atoms with Gasteiger partial charge >= 0.3 is 0 Å². The normalized spacial score (nSPS) is 25.3. The van der Waals surface area contributed by atoms with Gasteiger partial charge in [-0.15, -0.1) is 0 Å². The molecule has 3 N–H and O–H groups in total. The Bertz CT molecular complexity index is 317. The maximum absolute atomic E-state index is 5.73. The van der Waals surface area contributed by atoms with Gasteiger partial charge in [0, 0.05) is 30.0 Å². The molecule has 1 saturated carbocycles. The van der Waals surface area contributed by atoms with Crippen LogP contribution < -0.4 is 11.1 Å². The van der Waals surface area contributed by atoms with E-state index >= 15 is 0 Å². The van der Waals surface area contributed by atoms with E-state index in [4.69, 9.17) is 5.73 Å². The van der Waals surface area contributed by atoms with Crippen LogP contribution in [0.4, 0.5) is 5.13 Å². The molecule has 0 aliphatic heterocycles. The molecule has 1 fully saturated rings. The van der Waals surface area contributed by atoms with Gasteiger partial charge in [0.15, 0.2) is 0 Å². The van der Waals surface area contributed by atoms with E-state index < -0.39 is 0 Å². The van der Waals surface area contributed by atoms with Crippen LogP contribution in [0.5, 0.6) is 0 Å². The Labute approximate surface area is 94.5 Å². The molecule has 4 nitrogen and oxygen atoms in total. The number of nitrogens with two attached hydrogens (primary N) is 1. The van der Waals surface area contributed by atoms with Crippen LogP contribution in [0.1, 0.15) is 38.4 Å². The molecule has 1 aromatic rings. The van der Waals surface area contributed by atoms with Crippen molar-refractivity contribution in [1.29, 1.82) is 0 Å². The molecular weight excluding hydrogens is 208 g/mol. The highest BCUT2D eigenvalue weighted by molar-refractivity contribution is 7.09. The lowest BCUT2D eigenvalue weighted by atomic mass is 9.81. The number of nitrogens with zero attached hydrogens (tertiary/aromatic N) is 2. The van der Waals surface area contributed by atoms with Crippen LogP contribution in [0.3, 0.4) is 0 Å². The molecular formula is C10H18N4S. The second kappa shape index (κ2) is 4.45. The van der Waals surface area contributed by atoms with Crippen molar-refractivity contribution in [3.63, 3.8) is 0 Å². The molecule has 0 radical (unpaired) electrons. The van der Waals surface area contributed by atoms with E-state index in [9.17, 15) is 0 Å². The molecule has 0 bridgehead atoms. The summed E-state index contributed by atoms with van der Waals surface area (Å²) in [6, 6.07) is 0.428. The minimum atomic E-state index is 0.411. The highest BCUT2D eigenvalue weighted by Crippen LogP contribution is 2.26. The van der Waals surface area contributed by atoms with Crippen molar-refractivity contribution >= 4 is 16.7 Å². The van der Waals surface area contributed by atoms with Crippen molar-refractivity contribution in [2.45, 2.75) is 38.6 Å². The smallest absolute Gasteiger partial charge is 0.202 e. The third kappa shape index (κ3) is 2.66. The average Bonchev–Trinajstić information content (AvgIpc) is 2.59. The van der Waals surface area contributed by atoms with Crippen LogP contribution in [0.25, 0.3) is 0 Å². The molecule has 1 aliphatic rings. The quantitative estimate of drug-likeness (QED) is 0.822. The van der Waals surface area contributed by atoms with E-state index in [0.717, 1.165) is 36.3 Å². The summed E-state index contributed by atoms with van der Waals surface area (Å²) >= 11 is 1.45. The lowest BCUT2D eigenvalue weighted by Crippen LogP contribution is -2.39. The molecule has 2 rings (SSSR count). The first kappa shape index (κ1) is 10.8. The molecule has 15 heavy (non-hydrogen) atoms. The second-order valence-corrected chi connectivity index (χ2v) is 5.34. The summed E-state index contributed by atoms with van der Waals surface area (Å²) in [5.41, 5.74) is 5.73. The third-order valence-corrected chi connectivity index (χ3v) is 3.46. The van der Waals surface area contributed by atoms with Crippen LogP contribution >= 0.6 is 11.5 Å². The molecule has 84 valence electrons. The summed E-state index contributed by atoms with van der Waals surface area (Å²) in [6.07, 6.45) is 2.28. The molecule has 0 spiro atoms. The van der Waals surface area contributed by atoms with Crippen LogP contribution in [0, 0.1) is 5.92 Å². The Morgan fingerprint density at radius 3 is 2.80 bits per heavy atom. The van der Waals surface area contributed by atoms with Gasteiger partial charge in [0.25, 0.3) is 0 Å². The molecule has 0 unspecified atom stereocenters. The van der Waals surface area contributed by atoms with Crippen LogP contribution in [-0.4, -0.2) is 21.9 Å². The predicted octanol–water partition coefficient (Wildman–Crippen LogP) is 1.81. The highest BCUT2D eigenvalue weighted by Gasteiger charge is 2.25. The first-order chi connectivity index (χ1) is 7.15. The SMILES string of the molecule is CC(C)c1nsc(NCC2CC(N)C2)n1.